The Kier molecular flexibility index (Phi) is 5.70. The number of rotatable bonds is 5. The number of hydrogen-bond donors (Lipinski definition) is 1. The normalized spacial score (nSPS) is 14.1. The number of hydrogen-bond acceptors (Lipinski definition) is 4. The molecule has 29 heavy (non-hydrogen) atoms. The third kappa shape index (κ3) is 4.37. The lowest BCUT2D eigenvalue weighted by molar-refractivity contribution is -0.131. The lowest BCUT2D eigenvalue weighted by Gasteiger charge is -2.36. The van der Waals surface area contributed by atoms with Crippen LogP contribution in [0.1, 0.15) is 16.9 Å². The number of fused-ring (bicyclic) bond motifs is 1. The van der Waals surface area contributed by atoms with E-state index in [9.17, 15) is 9.59 Å². The van der Waals surface area contributed by atoms with Crippen LogP contribution in [0.25, 0.3) is 10.8 Å². The van der Waals surface area contributed by atoms with Crippen molar-refractivity contribution >= 4 is 28.3 Å². The number of aromatic nitrogens is 1. The molecule has 2 aromatic carbocycles. The molecule has 6 heteroatoms. The highest BCUT2D eigenvalue weighted by Gasteiger charge is 2.21. The number of amides is 2. The van der Waals surface area contributed by atoms with Gasteiger partial charge in [-0.2, -0.15) is 0 Å². The van der Waals surface area contributed by atoms with E-state index in [0.717, 1.165) is 23.9 Å². The fraction of sp³-hybridized carbons (Fsp3) is 0.261. The summed E-state index contributed by atoms with van der Waals surface area (Å²) in [6.45, 7) is 3.35. The second-order valence-electron chi connectivity index (χ2n) is 7.09. The van der Waals surface area contributed by atoms with Crippen molar-refractivity contribution in [3.8, 4) is 0 Å². The Hall–Kier alpha value is -3.41. The van der Waals surface area contributed by atoms with Crippen molar-refractivity contribution in [2.24, 2.45) is 0 Å². The Morgan fingerprint density at radius 2 is 1.62 bits per heavy atom. The van der Waals surface area contributed by atoms with E-state index in [0.29, 0.717) is 31.7 Å². The fourth-order valence-electron chi connectivity index (χ4n) is 3.68. The maximum absolute atomic E-state index is 12.5. The third-order valence-electron chi connectivity index (χ3n) is 5.27. The van der Waals surface area contributed by atoms with E-state index in [1.165, 1.54) is 5.69 Å². The van der Waals surface area contributed by atoms with Crippen LogP contribution in [0.4, 0.5) is 5.69 Å². The van der Waals surface area contributed by atoms with E-state index in [2.05, 4.69) is 27.3 Å². The number of carbonyl (C=O) groups excluding carboxylic acids is 2. The van der Waals surface area contributed by atoms with Crippen molar-refractivity contribution < 1.29 is 9.59 Å². The largest absolute Gasteiger partial charge is 0.368 e. The Morgan fingerprint density at radius 1 is 0.897 bits per heavy atom. The molecule has 0 unspecified atom stereocenters. The maximum Gasteiger partial charge on any atom is 0.270 e. The minimum absolute atomic E-state index is 0.0730. The molecule has 6 nitrogen and oxygen atoms in total. The highest BCUT2D eigenvalue weighted by atomic mass is 16.2. The first-order valence-corrected chi connectivity index (χ1v) is 9.92. The molecule has 4 rings (SSSR count). The molecule has 1 aliphatic heterocycles. The molecule has 0 spiro atoms. The summed E-state index contributed by atoms with van der Waals surface area (Å²) in [6.07, 6.45) is 1.93. The zero-order valence-electron chi connectivity index (χ0n) is 16.3. The molecule has 1 aromatic heterocycles. The Morgan fingerprint density at radius 3 is 2.41 bits per heavy atom. The van der Waals surface area contributed by atoms with E-state index in [-0.39, 0.29) is 11.8 Å². The molecule has 0 atom stereocenters. The zero-order chi connectivity index (χ0) is 20.1. The van der Waals surface area contributed by atoms with Gasteiger partial charge in [0.2, 0.25) is 5.91 Å². The summed E-state index contributed by atoms with van der Waals surface area (Å²) in [5.74, 6) is -0.174. The standard InChI is InChI=1S/C23H24N4O2/c28-21(27-16-14-26(15-17-27)19-7-2-1-3-8-19)11-13-25-23(29)22-20-9-5-4-6-18(20)10-12-24-22/h1-10,12H,11,13-17H2,(H,25,29). The van der Waals surface area contributed by atoms with Gasteiger partial charge in [0.15, 0.2) is 0 Å². The van der Waals surface area contributed by atoms with E-state index < -0.39 is 0 Å². The lowest BCUT2D eigenvalue weighted by Crippen LogP contribution is -2.49. The molecular weight excluding hydrogens is 364 g/mol. The van der Waals surface area contributed by atoms with Gasteiger partial charge < -0.3 is 15.1 Å². The van der Waals surface area contributed by atoms with E-state index in [4.69, 9.17) is 0 Å². The van der Waals surface area contributed by atoms with Gasteiger partial charge in [0.1, 0.15) is 5.69 Å². The second kappa shape index (κ2) is 8.73. The highest BCUT2D eigenvalue weighted by Crippen LogP contribution is 2.17. The molecule has 0 saturated carbocycles. The van der Waals surface area contributed by atoms with Crippen molar-refractivity contribution in [1.29, 1.82) is 0 Å². The average Bonchev–Trinajstić information content (AvgIpc) is 2.79. The quantitative estimate of drug-likeness (QED) is 0.730. The number of anilines is 1. The number of pyridine rings is 1. The first-order valence-electron chi connectivity index (χ1n) is 9.92. The molecule has 148 valence electrons. The summed E-state index contributed by atoms with van der Waals surface area (Å²) in [4.78, 5) is 33.4. The molecule has 1 saturated heterocycles. The topological polar surface area (TPSA) is 65.5 Å². The van der Waals surface area contributed by atoms with Crippen LogP contribution in [-0.4, -0.2) is 54.4 Å². The molecule has 0 aliphatic carbocycles. The summed E-state index contributed by atoms with van der Waals surface area (Å²) in [5, 5.41) is 4.62. The van der Waals surface area contributed by atoms with Crippen LogP contribution in [-0.2, 0) is 4.79 Å². The number of piperazine rings is 1. The van der Waals surface area contributed by atoms with Gasteiger partial charge in [0.05, 0.1) is 0 Å². The lowest BCUT2D eigenvalue weighted by atomic mass is 10.1. The van der Waals surface area contributed by atoms with Crippen LogP contribution in [0.5, 0.6) is 0 Å². The van der Waals surface area contributed by atoms with Gasteiger partial charge >= 0.3 is 0 Å². The van der Waals surface area contributed by atoms with Crippen LogP contribution in [0.15, 0.2) is 66.9 Å². The molecule has 1 N–H and O–H groups in total. The van der Waals surface area contributed by atoms with Crippen LogP contribution in [0.3, 0.4) is 0 Å². The Labute approximate surface area is 170 Å². The van der Waals surface area contributed by atoms with Gasteiger partial charge in [-0.15, -0.1) is 0 Å². The molecule has 2 amide bonds. The number of nitrogens with zero attached hydrogens (tertiary/aromatic N) is 3. The van der Waals surface area contributed by atoms with Crippen LogP contribution >= 0.6 is 0 Å². The average molecular weight is 388 g/mol. The second-order valence-corrected chi connectivity index (χ2v) is 7.09. The summed E-state index contributed by atoms with van der Waals surface area (Å²) in [5.41, 5.74) is 1.58. The van der Waals surface area contributed by atoms with Gasteiger partial charge in [0.25, 0.3) is 5.91 Å². The monoisotopic (exact) mass is 388 g/mol. The Bertz CT molecular complexity index is 993. The summed E-state index contributed by atoms with van der Waals surface area (Å²) < 4.78 is 0. The number of carbonyl (C=O) groups is 2. The van der Waals surface area contributed by atoms with E-state index in [1.807, 2.05) is 53.4 Å². The van der Waals surface area contributed by atoms with E-state index >= 15 is 0 Å². The fourth-order valence-corrected chi connectivity index (χ4v) is 3.68. The smallest absolute Gasteiger partial charge is 0.270 e. The summed E-state index contributed by atoms with van der Waals surface area (Å²) in [6, 6.07) is 19.8. The summed E-state index contributed by atoms with van der Waals surface area (Å²) in [7, 11) is 0. The predicted molar refractivity (Wildman–Crippen MR) is 114 cm³/mol. The molecule has 0 bridgehead atoms. The molecule has 1 aliphatic rings. The molecular formula is C23H24N4O2. The van der Waals surface area contributed by atoms with Crippen molar-refractivity contribution in [1.82, 2.24) is 15.2 Å². The zero-order valence-corrected chi connectivity index (χ0v) is 16.3. The van der Waals surface area contributed by atoms with Crippen molar-refractivity contribution in [3.05, 3.63) is 72.6 Å². The van der Waals surface area contributed by atoms with Crippen molar-refractivity contribution in [2.45, 2.75) is 6.42 Å². The van der Waals surface area contributed by atoms with Gasteiger partial charge in [-0.1, -0.05) is 42.5 Å². The molecule has 2 heterocycles. The Balaban J connectivity index is 1.26. The molecule has 3 aromatic rings. The number of benzene rings is 2. The van der Waals surface area contributed by atoms with Gasteiger partial charge in [-0.25, -0.2) is 0 Å². The molecule has 0 radical (unpaired) electrons. The SMILES string of the molecule is O=C(NCCC(=O)N1CCN(c2ccccc2)CC1)c1nccc2ccccc12. The number of para-hydroxylation sites is 1. The first-order chi connectivity index (χ1) is 14.2. The van der Waals surface area contributed by atoms with Gasteiger partial charge in [0, 0.05) is 56.4 Å². The van der Waals surface area contributed by atoms with E-state index in [1.54, 1.807) is 6.20 Å². The summed E-state index contributed by atoms with van der Waals surface area (Å²) >= 11 is 0. The van der Waals surface area contributed by atoms with Crippen molar-refractivity contribution in [3.63, 3.8) is 0 Å². The van der Waals surface area contributed by atoms with Crippen LogP contribution in [0.2, 0.25) is 0 Å². The van der Waals surface area contributed by atoms with Gasteiger partial charge in [-0.3, -0.25) is 14.6 Å². The number of nitrogens with one attached hydrogen (secondary N) is 1. The van der Waals surface area contributed by atoms with Crippen LogP contribution in [0, 0.1) is 0 Å². The minimum atomic E-state index is -0.247. The first kappa shape index (κ1) is 18.9. The van der Waals surface area contributed by atoms with Crippen LogP contribution < -0.4 is 10.2 Å². The predicted octanol–water partition coefficient (Wildman–Crippen LogP) is 2.70. The maximum atomic E-state index is 12.5. The third-order valence-corrected chi connectivity index (χ3v) is 5.27. The van der Waals surface area contributed by atoms with Gasteiger partial charge in [-0.05, 0) is 23.6 Å². The minimum Gasteiger partial charge on any atom is -0.368 e. The highest BCUT2D eigenvalue weighted by molar-refractivity contribution is 6.05. The van der Waals surface area contributed by atoms with Crippen molar-refractivity contribution in [2.75, 3.05) is 37.6 Å². The molecule has 1 fully saturated rings.